The molecule has 4 rings (SSSR count). The van der Waals surface area contributed by atoms with Gasteiger partial charge in [-0.05, 0) is 89.8 Å². The van der Waals surface area contributed by atoms with Crippen LogP contribution >= 0.6 is 0 Å². The van der Waals surface area contributed by atoms with Crippen LogP contribution < -0.4 is 5.32 Å². The second-order valence-corrected chi connectivity index (χ2v) is 13.3. The van der Waals surface area contributed by atoms with Gasteiger partial charge in [0.2, 0.25) is 5.91 Å². The number of likely N-dealkylation sites (N-methyl/N-ethyl adjacent to an activating group) is 1. The molecular weight excluding hydrogens is 482 g/mol. The first-order valence-electron chi connectivity index (χ1n) is 14.6. The Morgan fingerprint density at radius 2 is 1.87 bits per heavy atom. The zero-order valence-corrected chi connectivity index (χ0v) is 24.9. The van der Waals surface area contributed by atoms with Crippen molar-refractivity contribution in [2.75, 3.05) is 40.9 Å². The van der Waals surface area contributed by atoms with Crippen LogP contribution in [-0.2, 0) is 19.0 Å². The standard InChI is InChI=1S/C30H51N3O5/c1-19(2)9-10-21-17-29(21,5)26-25(36-8)23(11-14-30(26)18-37-30)38-28(35)31-24(20(3)4)27(34)33(7)22-12-15-32(6)16-13-22/h9,20-26H,10-18H2,1-8H3,(H,31,35)/t21-,23+,24+,25+,26+,29-,30-/m0/s1. The van der Waals surface area contributed by atoms with Crippen LogP contribution in [-0.4, -0.2) is 92.6 Å². The highest BCUT2D eigenvalue weighted by Crippen LogP contribution is 2.68. The molecule has 0 bridgehead atoms. The monoisotopic (exact) mass is 533 g/mol. The Morgan fingerprint density at radius 3 is 2.42 bits per heavy atom. The number of piperidine rings is 1. The van der Waals surface area contributed by atoms with E-state index < -0.39 is 12.1 Å². The molecule has 4 fully saturated rings. The molecule has 8 heteroatoms. The van der Waals surface area contributed by atoms with Crippen molar-refractivity contribution in [3.05, 3.63) is 11.6 Å². The topological polar surface area (TPSA) is 83.6 Å². The van der Waals surface area contributed by atoms with Crippen molar-refractivity contribution >= 4 is 12.0 Å². The zero-order valence-electron chi connectivity index (χ0n) is 24.9. The van der Waals surface area contributed by atoms with E-state index in [1.54, 1.807) is 7.11 Å². The number of epoxide rings is 1. The van der Waals surface area contributed by atoms with E-state index >= 15 is 0 Å². The molecule has 216 valence electrons. The van der Waals surface area contributed by atoms with Gasteiger partial charge in [0.05, 0.1) is 12.2 Å². The highest BCUT2D eigenvalue weighted by molar-refractivity contribution is 5.86. The van der Waals surface area contributed by atoms with Gasteiger partial charge in [-0.2, -0.15) is 0 Å². The van der Waals surface area contributed by atoms with E-state index in [2.05, 4.69) is 44.1 Å². The fourth-order valence-corrected chi connectivity index (χ4v) is 7.20. The number of nitrogens with one attached hydrogen (secondary N) is 1. The highest BCUT2D eigenvalue weighted by atomic mass is 16.6. The number of carbonyl (C=O) groups excluding carboxylic acids is 2. The van der Waals surface area contributed by atoms with Crippen molar-refractivity contribution in [2.45, 2.75) is 103 Å². The first-order chi connectivity index (χ1) is 17.9. The number of nitrogens with zero attached hydrogens (tertiary/aromatic N) is 2. The van der Waals surface area contributed by atoms with E-state index in [0.717, 1.165) is 51.8 Å². The lowest BCUT2D eigenvalue weighted by molar-refractivity contribution is -0.137. The third kappa shape index (κ3) is 6.07. The van der Waals surface area contributed by atoms with Gasteiger partial charge < -0.3 is 29.3 Å². The molecule has 2 aliphatic heterocycles. The van der Waals surface area contributed by atoms with Crippen molar-refractivity contribution in [3.8, 4) is 0 Å². The second kappa shape index (κ2) is 11.5. The lowest BCUT2D eigenvalue weighted by Gasteiger charge is -2.44. The molecule has 0 aromatic rings. The lowest BCUT2D eigenvalue weighted by Crippen LogP contribution is -2.56. The number of ether oxygens (including phenoxy) is 3. The maximum absolute atomic E-state index is 13.4. The minimum atomic E-state index is -0.625. The molecule has 2 saturated carbocycles. The van der Waals surface area contributed by atoms with Crippen LogP contribution in [0.2, 0.25) is 0 Å². The molecular formula is C30H51N3O5. The summed E-state index contributed by atoms with van der Waals surface area (Å²) >= 11 is 0. The molecule has 2 amide bonds. The largest absolute Gasteiger partial charge is 0.443 e. The van der Waals surface area contributed by atoms with Gasteiger partial charge in [-0.3, -0.25) is 4.79 Å². The smallest absolute Gasteiger partial charge is 0.408 e. The molecule has 0 unspecified atom stereocenters. The molecule has 8 nitrogen and oxygen atoms in total. The molecule has 7 atom stereocenters. The molecule has 0 radical (unpaired) electrons. The summed E-state index contributed by atoms with van der Waals surface area (Å²) in [5.41, 5.74) is 1.30. The van der Waals surface area contributed by atoms with Gasteiger partial charge in [0.25, 0.3) is 0 Å². The third-order valence-corrected chi connectivity index (χ3v) is 9.93. The van der Waals surface area contributed by atoms with Crippen molar-refractivity contribution in [1.29, 1.82) is 0 Å². The average molecular weight is 534 g/mol. The number of alkyl carbamates (subject to hydrolysis) is 1. The lowest BCUT2D eigenvalue weighted by atomic mass is 9.67. The molecule has 0 aromatic heterocycles. The predicted molar refractivity (Wildman–Crippen MR) is 148 cm³/mol. The summed E-state index contributed by atoms with van der Waals surface area (Å²) < 4.78 is 18.2. The normalized spacial score (nSPS) is 36.0. The van der Waals surface area contributed by atoms with Crippen LogP contribution in [0.5, 0.6) is 0 Å². The van der Waals surface area contributed by atoms with Crippen molar-refractivity contribution in [2.24, 2.45) is 23.2 Å². The third-order valence-electron chi connectivity index (χ3n) is 9.93. The van der Waals surface area contributed by atoms with Crippen LogP contribution in [0, 0.1) is 23.2 Å². The minimum Gasteiger partial charge on any atom is -0.443 e. The molecule has 38 heavy (non-hydrogen) atoms. The summed E-state index contributed by atoms with van der Waals surface area (Å²) in [6.07, 6.45) is 6.87. The SMILES string of the molecule is CO[C@@H]1[C@H](OC(=O)N[C@@H](C(=O)N(C)C2CCN(C)CC2)C(C)C)CC[C@]2(CO2)[C@H]1[C@@]1(C)C[C@@H]1CC=C(C)C. The molecule has 2 saturated heterocycles. The number of methoxy groups -OCH3 is 1. The minimum absolute atomic E-state index is 0.0470. The van der Waals surface area contributed by atoms with Crippen LogP contribution in [0.1, 0.15) is 73.1 Å². The van der Waals surface area contributed by atoms with Gasteiger partial charge >= 0.3 is 6.09 Å². The molecule has 4 aliphatic rings. The fraction of sp³-hybridized carbons (Fsp3) is 0.867. The molecule has 0 aromatic carbocycles. The first-order valence-corrected chi connectivity index (χ1v) is 14.6. The quantitative estimate of drug-likeness (QED) is 0.353. The first kappa shape index (κ1) is 29.3. The number of likely N-dealkylation sites (tertiary alicyclic amines) is 1. The Bertz CT molecular complexity index is 890. The van der Waals surface area contributed by atoms with Gasteiger partial charge in [0.1, 0.15) is 18.2 Å². The summed E-state index contributed by atoms with van der Waals surface area (Å²) in [4.78, 5) is 30.8. The number of amides is 2. The Labute approximate surface area is 229 Å². The summed E-state index contributed by atoms with van der Waals surface area (Å²) in [6, 6.07) is -0.428. The zero-order chi connectivity index (χ0) is 27.8. The summed E-state index contributed by atoms with van der Waals surface area (Å²) in [5, 5.41) is 2.93. The van der Waals surface area contributed by atoms with Crippen molar-refractivity contribution < 1.29 is 23.8 Å². The van der Waals surface area contributed by atoms with Crippen molar-refractivity contribution in [3.63, 3.8) is 0 Å². The Morgan fingerprint density at radius 1 is 1.21 bits per heavy atom. The van der Waals surface area contributed by atoms with Crippen LogP contribution in [0.15, 0.2) is 11.6 Å². The van der Waals surface area contributed by atoms with Crippen LogP contribution in [0.25, 0.3) is 0 Å². The van der Waals surface area contributed by atoms with E-state index in [9.17, 15) is 9.59 Å². The van der Waals surface area contributed by atoms with Gasteiger partial charge in [-0.15, -0.1) is 0 Å². The maximum Gasteiger partial charge on any atom is 0.408 e. The highest BCUT2D eigenvalue weighted by Gasteiger charge is 2.70. The Kier molecular flexibility index (Phi) is 8.85. The Balaban J connectivity index is 1.40. The summed E-state index contributed by atoms with van der Waals surface area (Å²) in [7, 11) is 5.70. The van der Waals surface area contributed by atoms with Gasteiger partial charge in [0.15, 0.2) is 0 Å². The maximum atomic E-state index is 13.4. The second-order valence-electron chi connectivity index (χ2n) is 13.3. The summed E-state index contributed by atoms with van der Waals surface area (Å²) in [6.45, 7) is 13.3. The number of rotatable bonds is 9. The molecule has 2 heterocycles. The number of allylic oxidation sites excluding steroid dienone is 2. The van der Waals surface area contributed by atoms with Gasteiger partial charge in [-0.25, -0.2) is 4.79 Å². The van der Waals surface area contributed by atoms with E-state index in [-0.39, 0.29) is 47.0 Å². The van der Waals surface area contributed by atoms with Crippen LogP contribution in [0.3, 0.4) is 0 Å². The van der Waals surface area contributed by atoms with Crippen molar-refractivity contribution in [1.82, 2.24) is 15.1 Å². The van der Waals surface area contributed by atoms with E-state index in [0.29, 0.717) is 12.3 Å². The van der Waals surface area contributed by atoms with Gasteiger partial charge in [0, 0.05) is 26.1 Å². The number of hydrogen-bond donors (Lipinski definition) is 1. The number of hydrogen-bond acceptors (Lipinski definition) is 6. The number of carbonyl (C=O) groups is 2. The van der Waals surface area contributed by atoms with E-state index in [1.165, 1.54) is 5.57 Å². The predicted octanol–water partition coefficient (Wildman–Crippen LogP) is 4.23. The Hall–Kier alpha value is -1.64. The molecule has 1 spiro atoms. The van der Waals surface area contributed by atoms with Gasteiger partial charge in [-0.1, -0.05) is 32.4 Å². The fourth-order valence-electron chi connectivity index (χ4n) is 7.20. The van der Waals surface area contributed by atoms with E-state index in [1.807, 2.05) is 25.8 Å². The summed E-state index contributed by atoms with van der Waals surface area (Å²) in [5.74, 6) is 0.673. The van der Waals surface area contributed by atoms with Crippen LogP contribution in [0.4, 0.5) is 4.79 Å². The molecule has 1 N–H and O–H groups in total. The molecule has 2 aliphatic carbocycles. The average Bonchev–Trinajstić information content (AvgIpc) is 3.78. The van der Waals surface area contributed by atoms with E-state index in [4.69, 9.17) is 14.2 Å².